The van der Waals surface area contributed by atoms with E-state index in [1.807, 2.05) is 52.0 Å². The van der Waals surface area contributed by atoms with Gasteiger partial charge >= 0.3 is 0 Å². The highest BCUT2D eigenvalue weighted by Gasteiger charge is 2.42. The monoisotopic (exact) mass is 616 g/mol. The number of benzene rings is 4. The summed E-state index contributed by atoms with van der Waals surface area (Å²) in [6.45, 7) is 7.49. The van der Waals surface area contributed by atoms with Gasteiger partial charge in [-0.2, -0.15) is 0 Å². The predicted octanol–water partition coefficient (Wildman–Crippen LogP) is 5.49. The number of nitrogens with two attached hydrogens (primary N) is 2. The topological polar surface area (TPSA) is 151 Å². The van der Waals surface area contributed by atoms with Gasteiger partial charge in [-0.25, -0.2) is 0 Å². The third-order valence-corrected chi connectivity index (χ3v) is 9.04. The molecule has 6 rings (SSSR count). The second-order valence-electron chi connectivity index (χ2n) is 12.1. The van der Waals surface area contributed by atoms with Gasteiger partial charge in [0.2, 0.25) is 0 Å². The molecule has 10 nitrogen and oxygen atoms in total. The number of hydrogen-bond acceptors (Lipinski definition) is 8. The van der Waals surface area contributed by atoms with Gasteiger partial charge in [-0.1, -0.05) is 12.1 Å². The van der Waals surface area contributed by atoms with Gasteiger partial charge in [0.1, 0.15) is 0 Å². The minimum atomic E-state index is -0.443. The van der Waals surface area contributed by atoms with Crippen LogP contribution in [0, 0.1) is 0 Å². The molecular weight excluding hydrogens is 580 g/mol. The van der Waals surface area contributed by atoms with Crippen LogP contribution < -0.4 is 22.1 Å². The summed E-state index contributed by atoms with van der Waals surface area (Å²) in [6, 6.07) is 23.3. The molecule has 4 amide bonds. The van der Waals surface area contributed by atoms with Crippen molar-refractivity contribution < 1.29 is 19.2 Å². The number of imide groups is 2. The van der Waals surface area contributed by atoms with Crippen molar-refractivity contribution in [2.24, 2.45) is 0 Å². The SMILES string of the molecule is CC(Nc1ccc(N)cc1)[C@@H](C)N1C(=O)c2ccc(-c3ccc4c(c3)C(=O)N(C(C)[C@@H](C)Nc3ccc(N)cc3)C4=O)cc2C1=O. The maximum absolute atomic E-state index is 13.6. The highest BCUT2D eigenvalue weighted by Crippen LogP contribution is 2.34. The summed E-state index contributed by atoms with van der Waals surface area (Å²) in [6.07, 6.45) is 0. The van der Waals surface area contributed by atoms with Crippen LogP contribution in [0.15, 0.2) is 84.9 Å². The number of carbonyl (C=O) groups excluding carboxylic acids is 4. The van der Waals surface area contributed by atoms with Crippen LogP contribution in [-0.4, -0.2) is 57.6 Å². The van der Waals surface area contributed by atoms with E-state index < -0.39 is 12.1 Å². The minimum absolute atomic E-state index is 0.236. The van der Waals surface area contributed by atoms with E-state index in [9.17, 15) is 19.2 Å². The number of nitrogens with one attached hydrogen (secondary N) is 2. The maximum Gasteiger partial charge on any atom is 0.261 e. The average Bonchev–Trinajstić information content (AvgIpc) is 3.45. The third-order valence-electron chi connectivity index (χ3n) is 9.04. The molecule has 0 saturated heterocycles. The predicted molar refractivity (Wildman–Crippen MR) is 180 cm³/mol. The lowest BCUT2D eigenvalue weighted by Crippen LogP contribution is -2.46. The zero-order chi connectivity index (χ0) is 32.9. The Balaban J connectivity index is 1.20. The Hall–Kier alpha value is -5.64. The Morgan fingerprint density at radius 2 is 0.804 bits per heavy atom. The summed E-state index contributed by atoms with van der Waals surface area (Å²) in [5.41, 5.74) is 17.1. The van der Waals surface area contributed by atoms with Crippen LogP contribution in [0.2, 0.25) is 0 Å². The van der Waals surface area contributed by atoms with E-state index in [1.165, 1.54) is 9.80 Å². The van der Waals surface area contributed by atoms with Gasteiger partial charge in [-0.15, -0.1) is 0 Å². The van der Waals surface area contributed by atoms with Crippen molar-refractivity contribution in [3.8, 4) is 11.1 Å². The van der Waals surface area contributed by atoms with Crippen LogP contribution in [0.3, 0.4) is 0 Å². The standard InChI is InChI=1S/C36H36N6O4/c1-19(39-27-11-7-25(37)8-12-27)21(3)41-33(43)29-15-5-23(17-31(29)35(41)45)24-6-16-30-32(18-24)36(46)42(34(30)44)22(4)20(2)40-28-13-9-26(38)10-14-28/h5-22,39-40H,37-38H2,1-4H3/t19-,20?,21?,22-/m1/s1. The molecule has 4 aromatic rings. The smallest absolute Gasteiger partial charge is 0.261 e. The molecule has 2 heterocycles. The molecule has 0 radical (unpaired) electrons. The summed E-state index contributed by atoms with van der Waals surface area (Å²) in [7, 11) is 0. The van der Waals surface area contributed by atoms with E-state index in [0.717, 1.165) is 11.4 Å². The number of rotatable bonds is 9. The molecule has 10 heteroatoms. The number of hydrogen-bond donors (Lipinski definition) is 4. The third kappa shape index (κ3) is 5.32. The van der Waals surface area contributed by atoms with Gasteiger partial charge in [-0.05, 0) is 112 Å². The molecule has 0 bridgehead atoms. The Morgan fingerprint density at radius 1 is 0.478 bits per heavy atom. The summed E-state index contributed by atoms with van der Waals surface area (Å²) < 4.78 is 0. The Labute approximate surface area is 267 Å². The normalized spacial score (nSPS) is 16.6. The molecule has 4 atom stereocenters. The number of carbonyl (C=O) groups is 4. The average molecular weight is 617 g/mol. The number of nitrogens with zero attached hydrogens (tertiary/aromatic N) is 2. The number of anilines is 4. The molecule has 0 spiro atoms. The molecule has 2 unspecified atom stereocenters. The van der Waals surface area contributed by atoms with E-state index in [0.29, 0.717) is 44.8 Å². The Kier molecular flexibility index (Phi) is 7.73. The zero-order valence-corrected chi connectivity index (χ0v) is 26.1. The van der Waals surface area contributed by atoms with Crippen LogP contribution >= 0.6 is 0 Å². The van der Waals surface area contributed by atoms with Crippen LogP contribution in [-0.2, 0) is 0 Å². The van der Waals surface area contributed by atoms with Crippen LogP contribution in [0.5, 0.6) is 0 Å². The van der Waals surface area contributed by atoms with E-state index in [1.54, 1.807) is 60.7 Å². The molecule has 2 aliphatic rings. The van der Waals surface area contributed by atoms with Crippen LogP contribution in [0.4, 0.5) is 22.7 Å². The van der Waals surface area contributed by atoms with Crippen LogP contribution in [0.25, 0.3) is 11.1 Å². The first-order valence-corrected chi connectivity index (χ1v) is 15.2. The van der Waals surface area contributed by atoms with Crippen molar-refractivity contribution in [2.45, 2.75) is 51.9 Å². The molecule has 0 aromatic heterocycles. The summed E-state index contributed by atoms with van der Waals surface area (Å²) >= 11 is 0. The lowest BCUT2D eigenvalue weighted by atomic mass is 9.97. The first-order valence-electron chi connectivity index (χ1n) is 15.2. The molecule has 46 heavy (non-hydrogen) atoms. The zero-order valence-electron chi connectivity index (χ0n) is 26.1. The Morgan fingerprint density at radius 3 is 1.15 bits per heavy atom. The van der Waals surface area contributed by atoms with Gasteiger partial charge in [0.25, 0.3) is 23.6 Å². The van der Waals surface area contributed by atoms with Crippen molar-refractivity contribution in [3.05, 3.63) is 107 Å². The van der Waals surface area contributed by atoms with Crippen molar-refractivity contribution in [1.29, 1.82) is 0 Å². The molecule has 2 aliphatic heterocycles. The van der Waals surface area contributed by atoms with Gasteiger partial charge in [0.15, 0.2) is 0 Å². The van der Waals surface area contributed by atoms with Crippen molar-refractivity contribution in [1.82, 2.24) is 9.80 Å². The fourth-order valence-corrected chi connectivity index (χ4v) is 5.99. The number of fused-ring (bicyclic) bond motifs is 2. The molecule has 234 valence electrons. The minimum Gasteiger partial charge on any atom is -0.399 e. The van der Waals surface area contributed by atoms with E-state index in [2.05, 4.69) is 10.6 Å². The summed E-state index contributed by atoms with van der Waals surface area (Å²) in [4.78, 5) is 56.5. The van der Waals surface area contributed by atoms with Crippen molar-refractivity contribution >= 4 is 46.4 Å². The largest absolute Gasteiger partial charge is 0.399 e. The molecule has 0 fully saturated rings. The van der Waals surface area contributed by atoms with Gasteiger partial charge in [-0.3, -0.25) is 29.0 Å². The van der Waals surface area contributed by atoms with Crippen molar-refractivity contribution in [3.63, 3.8) is 0 Å². The Bertz CT molecular complexity index is 1730. The summed E-state index contributed by atoms with van der Waals surface area (Å²) in [5, 5.41) is 6.68. The molecule has 0 aliphatic carbocycles. The second-order valence-corrected chi connectivity index (χ2v) is 12.1. The summed E-state index contributed by atoms with van der Waals surface area (Å²) in [5.74, 6) is -1.47. The fraction of sp³-hybridized carbons (Fsp3) is 0.222. The molecule has 4 aromatic carbocycles. The van der Waals surface area contributed by atoms with Gasteiger partial charge in [0, 0.05) is 34.8 Å². The van der Waals surface area contributed by atoms with Crippen LogP contribution in [0.1, 0.15) is 69.1 Å². The highest BCUT2D eigenvalue weighted by molar-refractivity contribution is 6.23. The number of amides is 4. The van der Waals surface area contributed by atoms with Crippen molar-refractivity contribution in [2.75, 3.05) is 22.1 Å². The lowest BCUT2D eigenvalue weighted by Gasteiger charge is -2.29. The first kappa shape index (κ1) is 30.4. The first-order chi connectivity index (χ1) is 21.9. The quantitative estimate of drug-likeness (QED) is 0.142. The van der Waals surface area contributed by atoms with Gasteiger partial charge in [0.05, 0.1) is 34.3 Å². The molecule has 0 saturated carbocycles. The fourth-order valence-electron chi connectivity index (χ4n) is 5.99. The maximum atomic E-state index is 13.6. The van der Waals surface area contributed by atoms with Gasteiger partial charge < -0.3 is 22.1 Å². The van der Waals surface area contributed by atoms with E-state index >= 15 is 0 Å². The molecule has 6 N–H and O–H groups in total. The number of nitrogen functional groups attached to an aromatic ring is 2. The lowest BCUT2D eigenvalue weighted by molar-refractivity contribution is 0.0569. The molecular formula is C36H36N6O4. The van der Waals surface area contributed by atoms with E-state index in [-0.39, 0.29) is 35.7 Å². The second kappa shape index (κ2) is 11.7. The highest BCUT2D eigenvalue weighted by atomic mass is 16.2. The van der Waals surface area contributed by atoms with E-state index in [4.69, 9.17) is 11.5 Å².